The van der Waals surface area contributed by atoms with Crippen LogP contribution >= 0.6 is 0 Å². The number of carboxylic acids is 1. The maximum atomic E-state index is 12.9. The van der Waals surface area contributed by atoms with Gasteiger partial charge in [0, 0.05) is 5.92 Å². The molecule has 0 spiro atoms. The number of carbonyl (C=O) groups is 1. The summed E-state index contributed by atoms with van der Waals surface area (Å²) in [7, 11) is 0. The third-order valence-electron chi connectivity index (χ3n) is 15.0. The molecule has 1 aliphatic heterocycles. The largest absolute Gasteiger partial charge is 0.481 e. The summed E-state index contributed by atoms with van der Waals surface area (Å²) in [5, 5.41) is 53.2. The van der Waals surface area contributed by atoms with Crippen molar-refractivity contribution in [1.29, 1.82) is 0 Å². The van der Waals surface area contributed by atoms with Crippen LogP contribution in [0, 0.1) is 50.2 Å². The van der Waals surface area contributed by atoms with Crippen LogP contribution in [-0.2, 0) is 14.3 Å². The quantitative estimate of drug-likeness (QED) is 0.232. The Morgan fingerprint density at radius 2 is 1.53 bits per heavy atom. The van der Waals surface area contributed by atoms with E-state index >= 15 is 0 Å². The van der Waals surface area contributed by atoms with Gasteiger partial charge in [-0.3, -0.25) is 4.79 Å². The Balaban J connectivity index is 1.32. The Morgan fingerprint density at radius 3 is 2.21 bits per heavy atom. The highest BCUT2D eigenvalue weighted by atomic mass is 16.7. The molecule has 0 aromatic carbocycles. The van der Waals surface area contributed by atoms with E-state index < -0.39 is 42.1 Å². The highest BCUT2D eigenvalue weighted by molar-refractivity contribution is 5.77. The molecule has 0 amide bonds. The number of allylic oxidation sites excluding steroid dienone is 1. The molecule has 5 aliphatic carbocycles. The monoisotopic (exact) mass is 604 g/mol. The molecule has 43 heavy (non-hydrogen) atoms. The maximum absolute atomic E-state index is 12.9. The number of hydrogen-bond acceptors (Lipinski definition) is 7. The average molecular weight is 605 g/mol. The molecule has 8 heteroatoms. The van der Waals surface area contributed by atoms with Gasteiger partial charge >= 0.3 is 5.97 Å². The number of fused-ring (bicyclic) bond motifs is 7. The fraction of sp³-hybridized carbons (Fsp3) is 0.914. The van der Waals surface area contributed by atoms with Gasteiger partial charge < -0.3 is 35.0 Å². The van der Waals surface area contributed by atoms with Crippen molar-refractivity contribution >= 4 is 5.97 Å². The fourth-order valence-electron chi connectivity index (χ4n) is 11.9. The van der Waals surface area contributed by atoms with E-state index in [0.717, 1.165) is 44.9 Å². The highest BCUT2D eigenvalue weighted by Crippen LogP contribution is 2.76. The van der Waals surface area contributed by atoms with Crippen molar-refractivity contribution in [1.82, 2.24) is 0 Å². The average Bonchev–Trinajstić information content (AvgIpc) is 2.92. The van der Waals surface area contributed by atoms with Crippen molar-refractivity contribution in [2.45, 2.75) is 143 Å². The van der Waals surface area contributed by atoms with Crippen LogP contribution in [0.3, 0.4) is 0 Å². The third-order valence-corrected chi connectivity index (χ3v) is 15.0. The molecular weight excluding hydrogens is 548 g/mol. The zero-order valence-corrected chi connectivity index (χ0v) is 27.3. The van der Waals surface area contributed by atoms with Gasteiger partial charge in [0.25, 0.3) is 0 Å². The normalized spacial score (nSPS) is 53.8. The lowest BCUT2D eigenvalue weighted by atomic mass is 9.33. The summed E-state index contributed by atoms with van der Waals surface area (Å²) in [5.41, 5.74) is -0.388. The van der Waals surface area contributed by atoms with Gasteiger partial charge in [0.1, 0.15) is 18.3 Å². The van der Waals surface area contributed by atoms with E-state index in [1.54, 1.807) is 0 Å². The Kier molecular flexibility index (Phi) is 7.41. The lowest BCUT2D eigenvalue weighted by Gasteiger charge is -2.71. The molecule has 13 atom stereocenters. The van der Waals surface area contributed by atoms with E-state index in [1.807, 2.05) is 0 Å². The third kappa shape index (κ3) is 4.18. The number of aliphatic carboxylic acids is 1. The molecule has 0 unspecified atom stereocenters. The topological polar surface area (TPSA) is 137 Å². The molecule has 6 rings (SSSR count). The standard InChI is InChI=1S/C35H56O8/c1-30(2)14-16-35(29(40)41)17-15-33(6)19(24(35)27(30)39)8-9-22-32(5)12-11-23(31(3,4)21(32)10-13-34(22,33)7)43-28-26(38)25(37)20(36)18-42-28/h8,20-28,36-39H,9-18H2,1-7H3,(H,40,41)/t20-,21+,22+,23+,24-,25+,26+,27+,28+,32+,33-,34-,35+/m1/s1. The van der Waals surface area contributed by atoms with Crippen LogP contribution in [0.4, 0.5) is 0 Å². The first-order valence-electron chi connectivity index (χ1n) is 16.8. The van der Waals surface area contributed by atoms with Gasteiger partial charge in [-0.1, -0.05) is 60.1 Å². The summed E-state index contributed by atoms with van der Waals surface area (Å²) in [4.78, 5) is 12.9. The Bertz CT molecular complexity index is 1160. The summed E-state index contributed by atoms with van der Waals surface area (Å²) in [6, 6.07) is 0. The van der Waals surface area contributed by atoms with E-state index in [4.69, 9.17) is 9.47 Å². The lowest BCUT2D eigenvalue weighted by Crippen LogP contribution is -2.67. The van der Waals surface area contributed by atoms with Crippen molar-refractivity contribution in [2.24, 2.45) is 50.2 Å². The molecule has 6 aliphatic rings. The van der Waals surface area contributed by atoms with E-state index in [0.29, 0.717) is 24.7 Å². The van der Waals surface area contributed by atoms with Gasteiger partial charge in [-0.2, -0.15) is 0 Å². The summed E-state index contributed by atoms with van der Waals surface area (Å²) in [6.07, 6.45) is 4.37. The van der Waals surface area contributed by atoms with E-state index in [-0.39, 0.29) is 45.7 Å². The predicted octanol–water partition coefficient (Wildman–Crippen LogP) is 4.67. The molecule has 0 radical (unpaired) electrons. The molecule has 0 bridgehead atoms. The zero-order valence-electron chi connectivity index (χ0n) is 27.3. The van der Waals surface area contributed by atoms with Gasteiger partial charge in [-0.05, 0) is 96.7 Å². The second kappa shape index (κ2) is 9.98. The minimum atomic E-state index is -1.30. The minimum Gasteiger partial charge on any atom is -0.481 e. The van der Waals surface area contributed by atoms with Crippen molar-refractivity contribution in [3.63, 3.8) is 0 Å². The molecule has 5 N–H and O–H groups in total. The smallest absolute Gasteiger partial charge is 0.310 e. The van der Waals surface area contributed by atoms with Crippen LogP contribution in [0.25, 0.3) is 0 Å². The SMILES string of the molecule is CC1(C)CC[C@]2(C(=O)O)CC[C@]3(C)C(=CC[C@H]4[C@@]5(C)CC[C@H](O[C@@H]6OC[C@@H](O)[C@H](O)[C@@H]6O)C(C)(C)[C@@H]5CC[C@]43C)[C@@H]2[C@@H]1O. The maximum Gasteiger partial charge on any atom is 0.310 e. The molecule has 244 valence electrons. The molecule has 5 fully saturated rings. The van der Waals surface area contributed by atoms with Crippen LogP contribution in [0.15, 0.2) is 11.6 Å². The van der Waals surface area contributed by atoms with Gasteiger partial charge in [0.2, 0.25) is 0 Å². The Labute approximate surface area is 257 Å². The number of hydrogen-bond donors (Lipinski definition) is 5. The highest BCUT2D eigenvalue weighted by Gasteiger charge is 2.70. The zero-order chi connectivity index (χ0) is 31.5. The van der Waals surface area contributed by atoms with Crippen LogP contribution < -0.4 is 0 Å². The van der Waals surface area contributed by atoms with Crippen LogP contribution in [0.1, 0.15) is 106 Å². The molecule has 1 saturated heterocycles. The molecule has 0 aromatic heterocycles. The second-order valence-electron chi connectivity index (χ2n) is 17.4. The molecule has 4 saturated carbocycles. The van der Waals surface area contributed by atoms with Crippen molar-refractivity contribution in [3.8, 4) is 0 Å². The van der Waals surface area contributed by atoms with Crippen molar-refractivity contribution < 1.29 is 39.8 Å². The molecule has 1 heterocycles. The summed E-state index contributed by atoms with van der Waals surface area (Å²) < 4.78 is 12.1. The van der Waals surface area contributed by atoms with Gasteiger partial charge in [-0.15, -0.1) is 0 Å². The Morgan fingerprint density at radius 1 is 0.860 bits per heavy atom. The Hall–Kier alpha value is -1.03. The minimum absolute atomic E-state index is 0.0268. The van der Waals surface area contributed by atoms with Gasteiger partial charge in [0.05, 0.1) is 24.2 Å². The first-order chi connectivity index (χ1) is 19.9. The fourth-order valence-corrected chi connectivity index (χ4v) is 11.9. The number of carboxylic acid groups (broad SMARTS) is 1. The van der Waals surface area contributed by atoms with Gasteiger partial charge in [-0.25, -0.2) is 0 Å². The van der Waals surface area contributed by atoms with Crippen LogP contribution in [0.5, 0.6) is 0 Å². The number of aliphatic hydroxyl groups excluding tert-OH is 4. The number of ether oxygens (including phenoxy) is 2. The second-order valence-corrected chi connectivity index (χ2v) is 17.4. The van der Waals surface area contributed by atoms with E-state index in [1.165, 1.54) is 5.57 Å². The summed E-state index contributed by atoms with van der Waals surface area (Å²) in [6.45, 7) is 16.0. The first kappa shape index (κ1) is 31.9. The lowest BCUT2D eigenvalue weighted by molar-refractivity contribution is -0.308. The number of rotatable bonds is 3. The van der Waals surface area contributed by atoms with Gasteiger partial charge in [0.15, 0.2) is 6.29 Å². The molecule has 8 nitrogen and oxygen atoms in total. The van der Waals surface area contributed by atoms with E-state index in [9.17, 15) is 30.3 Å². The summed E-state index contributed by atoms with van der Waals surface area (Å²) >= 11 is 0. The first-order valence-corrected chi connectivity index (χ1v) is 16.8. The summed E-state index contributed by atoms with van der Waals surface area (Å²) in [5.74, 6) is -0.320. The van der Waals surface area contributed by atoms with Crippen molar-refractivity contribution in [3.05, 3.63) is 11.6 Å². The van der Waals surface area contributed by atoms with Crippen LogP contribution in [0.2, 0.25) is 0 Å². The van der Waals surface area contributed by atoms with E-state index in [2.05, 4.69) is 54.5 Å². The predicted molar refractivity (Wildman–Crippen MR) is 161 cm³/mol. The van der Waals surface area contributed by atoms with Crippen molar-refractivity contribution in [2.75, 3.05) is 6.61 Å². The number of aliphatic hydroxyl groups is 4. The molecular formula is C35H56O8. The van der Waals surface area contributed by atoms with Crippen LogP contribution in [-0.4, -0.2) is 74.9 Å². The molecule has 0 aromatic rings.